The smallest absolute Gasteiger partial charge is 0.227 e. The standard InChI is InChI=1S/C22H27ClN2O3S/c1-17-20(23)10-5-11-21(17)24-22(26)19-12-14-25(15-13-19)29(27,28)16-6-9-18-7-3-2-4-8-18/h2-5,7-8,10-11,19H,6,9,12-16H2,1H3,(H,24,26). The van der Waals surface area contributed by atoms with Gasteiger partial charge < -0.3 is 5.32 Å². The van der Waals surface area contributed by atoms with Crippen molar-refractivity contribution in [2.45, 2.75) is 32.6 Å². The van der Waals surface area contributed by atoms with E-state index in [1.165, 1.54) is 4.31 Å². The zero-order chi connectivity index (χ0) is 20.9. The van der Waals surface area contributed by atoms with Crippen molar-refractivity contribution >= 4 is 33.2 Å². The van der Waals surface area contributed by atoms with Gasteiger partial charge in [0.2, 0.25) is 15.9 Å². The maximum Gasteiger partial charge on any atom is 0.227 e. The second-order valence-electron chi connectivity index (χ2n) is 7.48. The third kappa shape index (κ3) is 5.81. The van der Waals surface area contributed by atoms with Gasteiger partial charge in [-0.15, -0.1) is 0 Å². The number of benzene rings is 2. The number of nitrogens with one attached hydrogen (secondary N) is 1. The molecule has 1 N–H and O–H groups in total. The molecule has 0 atom stereocenters. The van der Waals surface area contributed by atoms with Crippen LogP contribution in [0.2, 0.25) is 5.02 Å². The van der Waals surface area contributed by atoms with Crippen LogP contribution in [0.3, 0.4) is 0 Å². The molecule has 0 spiro atoms. The fourth-order valence-electron chi connectivity index (χ4n) is 3.61. The minimum atomic E-state index is -3.29. The van der Waals surface area contributed by atoms with Gasteiger partial charge in [0, 0.05) is 29.7 Å². The van der Waals surface area contributed by atoms with Gasteiger partial charge in [-0.2, -0.15) is 0 Å². The quantitative estimate of drug-likeness (QED) is 0.707. The van der Waals surface area contributed by atoms with Gasteiger partial charge in [0.25, 0.3) is 0 Å². The summed E-state index contributed by atoms with van der Waals surface area (Å²) in [6.07, 6.45) is 2.41. The molecule has 1 aliphatic heterocycles. The van der Waals surface area contributed by atoms with E-state index in [-0.39, 0.29) is 17.6 Å². The maximum atomic E-state index is 12.6. The molecule has 2 aromatic rings. The molecule has 1 amide bonds. The summed E-state index contributed by atoms with van der Waals surface area (Å²) in [6.45, 7) is 2.64. The number of piperidine rings is 1. The van der Waals surface area contributed by atoms with E-state index in [1.54, 1.807) is 12.1 Å². The van der Waals surface area contributed by atoms with Crippen molar-refractivity contribution < 1.29 is 13.2 Å². The highest BCUT2D eigenvalue weighted by Crippen LogP contribution is 2.26. The fraction of sp³-hybridized carbons (Fsp3) is 0.409. The van der Waals surface area contributed by atoms with E-state index < -0.39 is 10.0 Å². The van der Waals surface area contributed by atoms with Gasteiger partial charge >= 0.3 is 0 Å². The summed E-state index contributed by atoms with van der Waals surface area (Å²) >= 11 is 6.11. The van der Waals surface area contributed by atoms with Crippen LogP contribution in [-0.4, -0.2) is 37.5 Å². The van der Waals surface area contributed by atoms with E-state index in [2.05, 4.69) is 5.32 Å². The molecule has 0 aliphatic carbocycles. The molecule has 2 aromatic carbocycles. The van der Waals surface area contributed by atoms with E-state index in [4.69, 9.17) is 11.6 Å². The largest absolute Gasteiger partial charge is 0.326 e. The van der Waals surface area contributed by atoms with Crippen LogP contribution >= 0.6 is 11.6 Å². The molecule has 3 rings (SSSR count). The number of carbonyl (C=O) groups is 1. The van der Waals surface area contributed by atoms with Crippen molar-refractivity contribution in [3.8, 4) is 0 Å². The highest BCUT2D eigenvalue weighted by atomic mass is 35.5. The van der Waals surface area contributed by atoms with Gasteiger partial charge in [0.05, 0.1) is 5.75 Å². The van der Waals surface area contributed by atoms with Crippen molar-refractivity contribution in [1.29, 1.82) is 0 Å². The first kappa shape index (κ1) is 21.8. The zero-order valence-electron chi connectivity index (χ0n) is 16.6. The van der Waals surface area contributed by atoms with Crippen LogP contribution in [0.15, 0.2) is 48.5 Å². The summed E-state index contributed by atoms with van der Waals surface area (Å²) in [4.78, 5) is 12.6. The Morgan fingerprint density at radius 2 is 1.79 bits per heavy atom. The molecule has 0 aromatic heterocycles. The highest BCUT2D eigenvalue weighted by Gasteiger charge is 2.31. The lowest BCUT2D eigenvalue weighted by Gasteiger charge is -2.30. The van der Waals surface area contributed by atoms with Gasteiger partial charge in [-0.25, -0.2) is 12.7 Å². The number of aryl methyl sites for hydroxylation is 1. The number of nitrogens with zero attached hydrogens (tertiary/aromatic N) is 1. The topological polar surface area (TPSA) is 66.5 Å². The van der Waals surface area contributed by atoms with Crippen molar-refractivity contribution in [2.24, 2.45) is 5.92 Å². The fourth-order valence-corrected chi connectivity index (χ4v) is 5.32. The summed E-state index contributed by atoms with van der Waals surface area (Å²) in [5.74, 6) is -0.124. The summed E-state index contributed by atoms with van der Waals surface area (Å²) < 4.78 is 26.8. The van der Waals surface area contributed by atoms with Crippen LogP contribution in [0, 0.1) is 12.8 Å². The van der Waals surface area contributed by atoms with Gasteiger partial charge in [-0.3, -0.25) is 4.79 Å². The SMILES string of the molecule is Cc1c(Cl)cccc1NC(=O)C1CCN(S(=O)(=O)CCCc2ccccc2)CC1. The number of rotatable bonds is 7. The first-order chi connectivity index (χ1) is 13.9. The Balaban J connectivity index is 1.48. The first-order valence-corrected chi connectivity index (χ1v) is 11.9. The lowest BCUT2D eigenvalue weighted by Crippen LogP contribution is -2.42. The van der Waals surface area contributed by atoms with Gasteiger partial charge in [-0.1, -0.05) is 48.0 Å². The second-order valence-corrected chi connectivity index (χ2v) is 9.98. The summed E-state index contributed by atoms with van der Waals surface area (Å²) in [5, 5.41) is 3.55. The Bertz CT molecular complexity index is 940. The van der Waals surface area contributed by atoms with Crippen molar-refractivity contribution in [1.82, 2.24) is 4.31 Å². The third-order valence-electron chi connectivity index (χ3n) is 5.45. The molecule has 1 heterocycles. The van der Waals surface area contributed by atoms with Crippen LogP contribution in [-0.2, 0) is 21.2 Å². The Morgan fingerprint density at radius 3 is 2.48 bits per heavy atom. The molecule has 0 radical (unpaired) electrons. The van der Waals surface area contributed by atoms with E-state index >= 15 is 0 Å². The number of hydrogen-bond donors (Lipinski definition) is 1. The third-order valence-corrected chi connectivity index (χ3v) is 7.82. The van der Waals surface area contributed by atoms with E-state index in [9.17, 15) is 13.2 Å². The molecule has 0 saturated carbocycles. The van der Waals surface area contributed by atoms with Crippen molar-refractivity contribution in [2.75, 3.05) is 24.2 Å². The Kier molecular flexibility index (Phi) is 7.33. The molecular formula is C22H27ClN2O3S. The van der Waals surface area contributed by atoms with Crippen LogP contribution in [0.1, 0.15) is 30.4 Å². The number of amides is 1. The molecule has 1 aliphatic rings. The molecular weight excluding hydrogens is 408 g/mol. The minimum absolute atomic E-state index is 0.0727. The zero-order valence-corrected chi connectivity index (χ0v) is 18.2. The number of carbonyl (C=O) groups excluding carboxylic acids is 1. The number of anilines is 1. The molecule has 5 nitrogen and oxygen atoms in total. The maximum absolute atomic E-state index is 12.6. The lowest BCUT2D eigenvalue weighted by molar-refractivity contribution is -0.120. The summed E-state index contributed by atoms with van der Waals surface area (Å²) in [7, 11) is -3.29. The van der Waals surface area contributed by atoms with Crippen LogP contribution in [0.4, 0.5) is 5.69 Å². The first-order valence-electron chi connectivity index (χ1n) is 9.94. The number of sulfonamides is 1. The average Bonchev–Trinajstić information content (AvgIpc) is 2.72. The molecule has 29 heavy (non-hydrogen) atoms. The van der Waals surface area contributed by atoms with Crippen molar-refractivity contribution in [3.63, 3.8) is 0 Å². The average molecular weight is 435 g/mol. The molecule has 1 saturated heterocycles. The van der Waals surface area contributed by atoms with Gasteiger partial charge in [0.1, 0.15) is 0 Å². The molecule has 7 heteroatoms. The molecule has 0 bridgehead atoms. The molecule has 1 fully saturated rings. The highest BCUT2D eigenvalue weighted by molar-refractivity contribution is 7.89. The number of hydrogen-bond acceptors (Lipinski definition) is 3. The van der Waals surface area contributed by atoms with Gasteiger partial charge in [-0.05, 0) is 55.9 Å². The number of halogens is 1. The van der Waals surface area contributed by atoms with Gasteiger partial charge in [0.15, 0.2) is 0 Å². The van der Waals surface area contributed by atoms with Crippen LogP contribution in [0.25, 0.3) is 0 Å². The van der Waals surface area contributed by atoms with E-state index in [1.807, 2.05) is 43.3 Å². The molecule has 156 valence electrons. The van der Waals surface area contributed by atoms with Crippen LogP contribution in [0.5, 0.6) is 0 Å². The summed E-state index contributed by atoms with van der Waals surface area (Å²) in [5.41, 5.74) is 2.69. The van der Waals surface area contributed by atoms with E-state index in [0.29, 0.717) is 43.1 Å². The Labute approximate surface area is 178 Å². The van der Waals surface area contributed by atoms with E-state index in [0.717, 1.165) is 17.5 Å². The normalized spacial score (nSPS) is 15.9. The predicted octanol–water partition coefficient (Wildman–Crippen LogP) is 4.26. The minimum Gasteiger partial charge on any atom is -0.326 e. The summed E-state index contributed by atoms with van der Waals surface area (Å²) in [6, 6.07) is 15.3. The second kappa shape index (κ2) is 9.74. The lowest BCUT2D eigenvalue weighted by atomic mass is 9.97. The van der Waals surface area contributed by atoms with Crippen molar-refractivity contribution in [3.05, 3.63) is 64.7 Å². The van der Waals surface area contributed by atoms with Crippen LogP contribution < -0.4 is 5.32 Å². The Hall–Kier alpha value is -1.89. The Morgan fingerprint density at radius 1 is 1.10 bits per heavy atom. The monoisotopic (exact) mass is 434 g/mol. The molecule has 0 unspecified atom stereocenters. The predicted molar refractivity (Wildman–Crippen MR) is 118 cm³/mol.